The van der Waals surface area contributed by atoms with E-state index >= 15 is 0 Å². The highest BCUT2D eigenvalue weighted by Crippen LogP contribution is 2.40. The first-order valence-corrected chi connectivity index (χ1v) is 7.66. The number of halogens is 3. The number of aromatic nitrogens is 1. The third kappa shape index (κ3) is 2.52. The van der Waals surface area contributed by atoms with Crippen molar-refractivity contribution in [3.63, 3.8) is 0 Å². The molecule has 2 bridgehead atoms. The normalized spacial score (nSPS) is 23.2. The number of rotatable bonds is 1. The Bertz CT molecular complexity index is 729. The van der Waals surface area contributed by atoms with Crippen LogP contribution in [0.5, 0.6) is 0 Å². The van der Waals surface area contributed by atoms with E-state index in [2.05, 4.69) is 15.2 Å². The summed E-state index contributed by atoms with van der Waals surface area (Å²) in [5, 5.41) is 3.42. The molecule has 5 rings (SSSR count). The van der Waals surface area contributed by atoms with Gasteiger partial charge in [0.1, 0.15) is 5.82 Å². The molecule has 0 aliphatic carbocycles. The number of nitrogens with one attached hydrogen (secondary N) is 1. The number of benzene rings is 1. The molecule has 2 aromatic rings. The lowest BCUT2D eigenvalue weighted by Gasteiger charge is -2.36. The molecule has 23 heavy (non-hydrogen) atoms. The highest BCUT2D eigenvalue weighted by molar-refractivity contribution is 5.68. The molecule has 3 aliphatic rings. The molecule has 0 amide bonds. The number of piperidine rings is 1. The number of hydrogen-bond donors (Lipinski definition) is 1. The molecule has 1 saturated heterocycles. The summed E-state index contributed by atoms with van der Waals surface area (Å²) in [6.07, 6.45) is -1.69. The van der Waals surface area contributed by atoms with Gasteiger partial charge in [-0.1, -0.05) is 18.2 Å². The van der Waals surface area contributed by atoms with Crippen molar-refractivity contribution in [3.05, 3.63) is 53.7 Å². The fourth-order valence-electron chi connectivity index (χ4n) is 3.57. The molecular formula is C17H16F3N3. The number of pyridine rings is 1. The highest BCUT2D eigenvalue weighted by atomic mass is 19.4. The standard InChI is InChI=1S/C17H16F3N3/c18-17(19,20)12-4-1-3-11(9-12)13-10-23-8-6-14(13)22-16-15(23)5-2-7-21-16/h1-5,7,9,13-14H,6,8,10H2,(H,21,22). The van der Waals surface area contributed by atoms with Crippen molar-refractivity contribution in [2.45, 2.75) is 24.6 Å². The van der Waals surface area contributed by atoms with E-state index < -0.39 is 11.7 Å². The first-order valence-electron chi connectivity index (χ1n) is 7.66. The van der Waals surface area contributed by atoms with Crippen LogP contribution < -0.4 is 10.2 Å². The summed E-state index contributed by atoms with van der Waals surface area (Å²) >= 11 is 0. The summed E-state index contributed by atoms with van der Waals surface area (Å²) in [6, 6.07) is 9.70. The van der Waals surface area contributed by atoms with Crippen LogP contribution in [0, 0.1) is 0 Å². The molecule has 1 aromatic heterocycles. The second kappa shape index (κ2) is 5.15. The van der Waals surface area contributed by atoms with Gasteiger partial charge in [0, 0.05) is 31.2 Å². The topological polar surface area (TPSA) is 28.2 Å². The second-order valence-electron chi connectivity index (χ2n) is 6.09. The molecule has 2 unspecified atom stereocenters. The average molecular weight is 319 g/mol. The van der Waals surface area contributed by atoms with Crippen LogP contribution in [0.15, 0.2) is 42.6 Å². The fraction of sp³-hybridized carbons (Fsp3) is 0.353. The van der Waals surface area contributed by atoms with Gasteiger partial charge in [0.15, 0.2) is 0 Å². The van der Waals surface area contributed by atoms with Crippen molar-refractivity contribution in [1.82, 2.24) is 4.98 Å². The zero-order valence-corrected chi connectivity index (χ0v) is 12.3. The van der Waals surface area contributed by atoms with Crippen LogP contribution in [0.2, 0.25) is 0 Å². The Hall–Kier alpha value is -2.24. The van der Waals surface area contributed by atoms with E-state index in [1.807, 2.05) is 12.1 Å². The Morgan fingerprint density at radius 1 is 1.17 bits per heavy atom. The van der Waals surface area contributed by atoms with Crippen LogP contribution in [-0.4, -0.2) is 24.1 Å². The summed E-state index contributed by atoms with van der Waals surface area (Å²) in [7, 11) is 0. The van der Waals surface area contributed by atoms with Gasteiger partial charge in [-0.05, 0) is 30.2 Å². The van der Waals surface area contributed by atoms with E-state index in [1.54, 1.807) is 12.3 Å². The summed E-state index contributed by atoms with van der Waals surface area (Å²) in [6.45, 7) is 1.60. The van der Waals surface area contributed by atoms with E-state index in [0.29, 0.717) is 6.54 Å². The van der Waals surface area contributed by atoms with E-state index in [1.165, 1.54) is 12.1 Å². The SMILES string of the molecule is FC(F)(F)c1cccc(C2CN3CCC2Nc2ncccc23)c1. The van der Waals surface area contributed by atoms with E-state index in [0.717, 1.165) is 36.1 Å². The van der Waals surface area contributed by atoms with Crippen molar-refractivity contribution in [3.8, 4) is 0 Å². The third-order valence-corrected chi connectivity index (χ3v) is 4.70. The molecule has 1 aromatic carbocycles. The molecule has 6 heteroatoms. The zero-order valence-electron chi connectivity index (χ0n) is 12.3. The average Bonchev–Trinajstić information content (AvgIpc) is 2.82. The number of alkyl halides is 3. The van der Waals surface area contributed by atoms with Crippen molar-refractivity contribution in [1.29, 1.82) is 0 Å². The maximum Gasteiger partial charge on any atom is 0.416 e. The molecule has 0 saturated carbocycles. The monoisotopic (exact) mass is 319 g/mol. The molecule has 0 spiro atoms. The number of anilines is 2. The predicted molar refractivity (Wildman–Crippen MR) is 82.7 cm³/mol. The Kier molecular flexibility index (Phi) is 3.21. The largest absolute Gasteiger partial charge is 0.416 e. The van der Waals surface area contributed by atoms with Crippen LogP contribution in [0.3, 0.4) is 0 Å². The van der Waals surface area contributed by atoms with Crippen LogP contribution >= 0.6 is 0 Å². The lowest BCUT2D eigenvalue weighted by Crippen LogP contribution is -2.42. The number of fused-ring (bicyclic) bond motifs is 2. The van der Waals surface area contributed by atoms with Gasteiger partial charge in [-0.25, -0.2) is 4.98 Å². The molecule has 3 aliphatic heterocycles. The van der Waals surface area contributed by atoms with Gasteiger partial charge in [-0.3, -0.25) is 0 Å². The molecule has 3 nitrogen and oxygen atoms in total. The molecule has 1 fully saturated rings. The van der Waals surface area contributed by atoms with Gasteiger partial charge in [-0.15, -0.1) is 0 Å². The van der Waals surface area contributed by atoms with E-state index in [-0.39, 0.29) is 12.0 Å². The van der Waals surface area contributed by atoms with Gasteiger partial charge in [-0.2, -0.15) is 13.2 Å². The lowest BCUT2D eigenvalue weighted by molar-refractivity contribution is -0.137. The molecule has 2 atom stereocenters. The highest BCUT2D eigenvalue weighted by Gasteiger charge is 2.37. The fourth-order valence-corrected chi connectivity index (χ4v) is 3.57. The minimum atomic E-state index is -4.31. The summed E-state index contributed by atoms with van der Waals surface area (Å²) in [5.74, 6) is 0.838. The summed E-state index contributed by atoms with van der Waals surface area (Å²) < 4.78 is 38.9. The predicted octanol–water partition coefficient (Wildman–Crippen LogP) is 3.89. The first-order chi connectivity index (χ1) is 11.0. The Labute approximate surface area is 132 Å². The minimum absolute atomic E-state index is 0.0141. The third-order valence-electron chi connectivity index (χ3n) is 4.70. The smallest absolute Gasteiger partial charge is 0.368 e. The Morgan fingerprint density at radius 3 is 2.87 bits per heavy atom. The maximum absolute atomic E-state index is 13.0. The quantitative estimate of drug-likeness (QED) is 0.864. The van der Waals surface area contributed by atoms with E-state index in [9.17, 15) is 13.2 Å². The van der Waals surface area contributed by atoms with Crippen LogP contribution in [0.25, 0.3) is 0 Å². The Morgan fingerprint density at radius 2 is 2.04 bits per heavy atom. The van der Waals surface area contributed by atoms with Gasteiger partial charge >= 0.3 is 6.18 Å². The number of hydrogen-bond acceptors (Lipinski definition) is 3. The maximum atomic E-state index is 13.0. The first kappa shape index (κ1) is 14.4. The Balaban J connectivity index is 1.70. The second-order valence-corrected chi connectivity index (χ2v) is 6.09. The van der Waals surface area contributed by atoms with Crippen molar-refractivity contribution < 1.29 is 13.2 Å². The lowest BCUT2D eigenvalue weighted by atomic mass is 9.86. The van der Waals surface area contributed by atoms with Crippen LogP contribution in [-0.2, 0) is 6.18 Å². The van der Waals surface area contributed by atoms with Gasteiger partial charge in [0.05, 0.1) is 11.3 Å². The van der Waals surface area contributed by atoms with E-state index in [4.69, 9.17) is 0 Å². The zero-order chi connectivity index (χ0) is 16.0. The van der Waals surface area contributed by atoms with Crippen molar-refractivity contribution in [2.75, 3.05) is 23.3 Å². The summed E-state index contributed by atoms with van der Waals surface area (Å²) in [5.41, 5.74) is 1.18. The van der Waals surface area contributed by atoms with Crippen LogP contribution in [0.1, 0.15) is 23.5 Å². The van der Waals surface area contributed by atoms with Crippen molar-refractivity contribution >= 4 is 11.5 Å². The molecule has 120 valence electrons. The van der Waals surface area contributed by atoms with Crippen LogP contribution in [0.4, 0.5) is 24.7 Å². The molecule has 4 heterocycles. The number of nitrogens with zero attached hydrogens (tertiary/aromatic N) is 2. The minimum Gasteiger partial charge on any atom is -0.368 e. The summed E-state index contributed by atoms with van der Waals surface area (Å²) in [4.78, 5) is 6.58. The molecular weight excluding hydrogens is 303 g/mol. The molecule has 1 N–H and O–H groups in total. The van der Waals surface area contributed by atoms with Gasteiger partial charge in [0.25, 0.3) is 0 Å². The molecule has 0 radical (unpaired) electrons. The van der Waals surface area contributed by atoms with Gasteiger partial charge in [0.2, 0.25) is 0 Å². The van der Waals surface area contributed by atoms with Crippen molar-refractivity contribution in [2.24, 2.45) is 0 Å². The van der Waals surface area contributed by atoms with Gasteiger partial charge < -0.3 is 10.2 Å².